The molecule has 4 rings (SSSR count). The fourth-order valence-electron chi connectivity index (χ4n) is 2.74. The Hall–Kier alpha value is -3.54. The number of benzene rings is 1. The number of furan rings is 2. The predicted octanol–water partition coefficient (Wildman–Crippen LogP) is 4.48. The zero-order valence-electron chi connectivity index (χ0n) is 14.1. The monoisotopic (exact) mass is 350 g/mol. The lowest BCUT2D eigenvalue weighted by Gasteiger charge is -2.10. The van der Waals surface area contributed by atoms with Crippen molar-refractivity contribution in [3.8, 4) is 17.3 Å². The second kappa shape index (κ2) is 6.07. The number of ether oxygens (including phenoxy) is 1. The highest BCUT2D eigenvalue weighted by Gasteiger charge is 2.22. The van der Waals surface area contributed by atoms with Crippen molar-refractivity contribution in [1.82, 2.24) is 0 Å². The van der Waals surface area contributed by atoms with Crippen LogP contribution in [0.25, 0.3) is 22.5 Å². The number of hydrogen-bond acceptors (Lipinski definition) is 6. The highest BCUT2D eigenvalue weighted by atomic mass is 16.5. The first-order chi connectivity index (χ1) is 12.5. The van der Waals surface area contributed by atoms with Crippen molar-refractivity contribution in [2.75, 3.05) is 0 Å². The maximum absolute atomic E-state index is 12.2. The summed E-state index contributed by atoms with van der Waals surface area (Å²) in [6.07, 6.45) is 1.37. The maximum atomic E-state index is 12.2. The fourth-order valence-corrected chi connectivity index (χ4v) is 2.74. The van der Waals surface area contributed by atoms with E-state index < -0.39 is 11.6 Å². The molecule has 0 atom stereocenters. The molecule has 0 unspecified atom stereocenters. The number of fused-ring (bicyclic) bond motifs is 1. The predicted molar refractivity (Wildman–Crippen MR) is 93.3 cm³/mol. The molecule has 1 aromatic carbocycles. The fraction of sp³-hybridized carbons (Fsp3) is 0.100. The van der Waals surface area contributed by atoms with E-state index in [1.807, 2.05) is 24.3 Å². The van der Waals surface area contributed by atoms with E-state index >= 15 is 0 Å². The Balaban J connectivity index is 1.83. The second-order valence-corrected chi connectivity index (χ2v) is 5.81. The zero-order valence-corrected chi connectivity index (χ0v) is 14.1. The van der Waals surface area contributed by atoms with Gasteiger partial charge in [0.1, 0.15) is 11.3 Å². The van der Waals surface area contributed by atoms with E-state index in [4.69, 9.17) is 18.0 Å². The molecule has 0 saturated heterocycles. The largest absolute Gasteiger partial charge is 0.457 e. The first kappa shape index (κ1) is 16.0. The van der Waals surface area contributed by atoms with Crippen molar-refractivity contribution in [2.45, 2.75) is 13.8 Å². The lowest BCUT2D eigenvalue weighted by molar-refractivity contribution is 0.0698. The summed E-state index contributed by atoms with van der Waals surface area (Å²) in [5.41, 5.74) is 0.746. The normalized spacial score (nSPS) is 11.0. The van der Waals surface area contributed by atoms with Gasteiger partial charge in [0.2, 0.25) is 5.76 Å². The van der Waals surface area contributed by atoms with E-state index in [0.29, 0.717) is 16.9 Å². The third kappa shape index (κ3) is 2.61. The minimum Gasteiger partial charge on any atom is -0.457 e. The lowest BCUT2D eigenvalue weighted by atomic mass is 10.1. The van der Waals surface area contributed by atoms with E-state index in [-0.39, 0.29) is 22.8 Å². The number of esters is 1. The summed E-state index contributed by atoms with van der Waals surface area (Å²) in [5.74, 6) is 0.0953. The van der Waals surface area contributed by atoms with Crippen LogP contribution in [0, 0.1) is 13.8 Å². The molecule has 3 aromatic heterocycles. The maximum Gasteiger partial charge on any atom is 0.379 e. The van der Waals surface area contributed by atoms with Crippen LogP contribution < -0.4 is 10.4 Å². The summed E-state index contributed by atoms with van der Waals surface area (Å²) in [4.78, 5) is 24.5. The van der Waals surface area contributed by atoms with Gasteiger partial charge in [-0.3, -0.25) is 0 Å². The molecule has 0 saturated carbocycles. The van der Waals surface area contributed by atoms with Gasteiger partial charge in [-0.1, -0.05) is 18.2 Å². The average molecular weight is 350 g/mol. The molecule has 130 valence electrons. The Morgan fingerprint density at radius 3 is 2.54 bits per heavy atom. The molecule has 0 fully saturated rings. The third-order valence-corrected chi connectivity index (χ3v) is 4.09. The van der Waals surface area contributed by atoms with Crippen LogP contribution in [0.4, 0.5) is 0 Å². The van der Waals surface area contributed by atoms with Gasteiger partial charge in [0, 0.05) is 10.9 Å². The molecule has 0 spiro atoms. The van der Waals surface area contributed by atoms with Gasteiger partial charge in [-0.2, -0.15) is 0 Å². The molecule has 0 bridgehead atoms. The van der Waals surface area contributed by atoms with Crippen LogP contribution >= 0.6 is 0 Å². The van der Waals surface area contributed by atoms with Crippen LogP contribution in [0.5, 0.6) is 5.75 Å². The summed E-state index contributed by atoms with van der Waals surface area (Å²) in [7, 11) is 0. The lowest BCUT2D eigenvalue weighted by Crippen LogP contribution is -2.14. The van der Waals surface area contributed by atoms with Crippen molar-refractivity contribution >= 4 is 16.9 Å². The molecule has 3 heterocycles. The number of carbonyl (C=O) groups excluding carboxylic acids is 1. The molecule has 0 aliphatic carbocycles. The average Bonchev–Trinajstić information content (AvgIpc) is 3.30. The molecular formula is C20H14O6. The van der Waals surface area contributed by atoms with Crippen LogP contribution in [-0.2, 0) is 0 Å². The molecule has 26 heavy (non-hydrogen) atoms. The Morgan fingerprint density at radius 2 is 1.81 bits per heavy atom. The van der Waals surface area contributed by atoms with E-state index in [1.165, 1.54) is 19.3 Å². The van der Waals surface area contributed by atoms with Crippen molar-refractivity contribution in [1.29, 1.82) is 0 Å². The summed E-state index contributed by atoms with van der Waals surface area (Å²) >= 11 is 0. The van der Waals surface area contributed by atoms with Crippen LogP contribution in [-0.4, -0.2) is 5.97 Å². The molecule has 6 heteroatoms. The summed E-state index contributed by atoms with van der Waals surface area (Å²) in [6, 6.07) is 12.3. The van der Waals surface area contributed by atoms with E-state index in [0.717, 1.165) is 5.39 Å². The van der Waals surface area contributed by atoms with Gasteiger partial charge in [0.05, 0.1) is 11.8 Å². The van der Waals surface area contributed by atoms with E-state index in [1.54, 1.807) is 19.1 Å². The standard InChI is InChI=1S/C20H14O6/c1-11-17(25-20(22)15-8-5-9-23-15)12(2)19(21)26-18(11)16-10-13-6-3-4-7-14(13)24-16/h3-10H,1-2H3. The van der Waals surface area contributed by atoms with Gasteiger partial charge < -0.3 is 18.0 Å². The summed E-state index contributed by atoms with van der Waals surface area (Å²) in [6.45, 7) is 3.23. The Labute approximate surface area is 147 Å². The van der Waals surface area contributed by atoms with Crippen LogP contribution in [0.1, 0.15) is 21.7 Å². The van der Waals surface area contributed by atoms with Gasteiger partial charge in [0.15, 0.2) is 11.5 Å². The van der Waals surface area contributed by atoms with Gasteiger partial charge in [0.25, 0.3) is 0 Å². The topological polar surface area (TPSA) is 82.8 Å². The van der Waals surface area contributed by atoms with Crippen LogP contribution in [0.15, 0.2) is 66.8 Å². The molecule has 4 aromatic rings. The van der Waals surface area contributed by atoms with Gasteiger partial charge in [-0.25, -0.2) is 9.59 Å². The third-order valence-electron chi connectivity index (χ3n) is 4.09. The first-order valence-electron chi connectivity index (χ1n) is 7.93. The number of para-hydroxylation sites is 1. The second-order valence-electron chi connectivity index (χ2n) is 5.81. The number of carbonyl (C=O) groups is 1. The van der Waals surface area contributed by atoms with Crippen molar-refractivity contribution in [2.24, 2.45) is 0 Å². The minimum atomic E-state index is -0.692. The molecular weight excluding hydrogens is 336 g/mol. The van der Waals surface area contributed by atoms with Crippen molar-refractivity contribution in [3.05, 3.63) is 76.0 Å². The van der Waals surface area contributed by atoms with Crippen molar-refractivity contribution in [3.63, 3.8) is 0 Å². The summed E-state index contributed by atoms with van der Waals surface area (Å²) in [5, 5.41) is 0.874. The van der Waals surface area contributed by atoms with Gasteiger partial charge in [-0.05, 0) is 38.1 Å². The number of hydrogen-bond donors (Lipinski definition) is 0. The van der Waals surface area contributed by atoms with Gasteiger partial charge in [-0.15, -0.1) is 0 Å². The Bertz CT molecular complexity index is 1130. The van der Waals surface area contributed by atoms with E-state index in [2.05, 4.69) is 0 Å². The van der Waals surface area contributed by atoms with Gasteiger partial charge >= 0.3 is 11.6 Å². The first-order valence-corrected chi connectivity index (χ1v) is 7.93. The Kier molecular flexibility index (Phi) is 3.73. The molecule has 6 nitrogen and oxygen atoms in total. The quantitative estimate of drug-likeness (QED) is 0.507. The molecule has 0 radical (unpaired) electrons. The van der Waals surface area contributed by atoms with Crippen LogP contribution in [0.3, 0.4) is 0 Å². The SMILES string of the molecule is Cc1c(-c2cc3ccccc3o2)oc(=O)c(C)c1OC(=O)c1ccco1. The highest BCUT2D eigenvalue weighted by Crippen LogP contribution is 2.34. The number of rotatable bonds is 3. The molecule has 0 N–H and O–H groups in total. The smallest absolute Gasteiger partial charge is 0.379 e. The zero-order chi connectivity index (χ0) is 18.3. The van der Waals surface area contributed by atoms with Crippen LogP contribution in [0.2, 0.25) is 0 Å². The molecule has 0 amide bonds. The molecule has 0 aliphatic rings. The van der Waals surface area contributed by atoms with Crippen molar-refractivity contribution < 1.29 is 22.8 Å². The molecule has 0 aliphatic heterocycles. The summed E-state index contributed by atoms with van der Waals surface area (Å²) < 4.78 is 21.6. The highest BCUT2D eigenvalue weighted by molar-refractivity contribution is 5.89. The van der Waals surface area contributed by atoms with E-state index in [9.17, 15) is 9.59 Å². The Morgan fingerprint density at radius 1 is 1.00 bits per heavy atom. The minimum absolute atomic E-state index is 0.0438.